The van der Waals surface area contributed by atoms with Crippen LogP contribution in [0.5, 0.6) is 0 Å². The molecular weight excluding hydrogens is 282 g/mol. The second kappa shape index (κ2) is 6.44. The second-order valence-corrected chi connectivity index (χ2v) is 5.94. The van der Waals surface area contributed by atoms with E-state index in [9.17, 15) is 9.59 Å². The van der Waals surface area contributed by atoms with E-state index >= 15 is 0 Å². The Hall–Kier alpha value is -1.95. The molecule has 0 radical (unpaired) electrons. The van der Waals surface area contributed by atoms with Gasteiger partial charge in [-0.1, -0.05) is 0 Å². The minimum absolute atomic E-state index is 0.0130. The minimum atomic E-state index is -0.314. The molecule has 0 spiro atoms. The summed E-state index contributed by atoms with van der Waals surface area (Å²) in [5.41, 5.74) is 1.48. The molecule has 3 rings (SSSR count). The molecule has 2 fully saturated rings. The van der Waals surface area contributed by atoms with Crippen molar-refractivity contribution in [2.75, 3.05) is 19.7 Å². The Bertz CT molecular complexity index is 552. The third-order valence-corrected chi connectivity index (χ3v) is 4.20. The fraction of sp³-hybridized carbons (Fsp3) is 0.562. The summed E-state index contributed by atoms with van der Waals surface area (Å²) in [6.45, 7) is 3.75. The van der Waals surface area contributed by atoms with Gasteiger partial charge in [0, 0.05) is 37.6 Å². The number of nitrogens with one attached hydrogen (secondary N) is 1. The summed E-state index contributed by atoms with van der Waals surface area (Å²) in [5, 5.41) is 2.99. The first-order chi connectivity index (χ1) is 10.6. The van der Waals surface area contributed by atoms with Crippen LogP contribution in [0, 0.1) is 6.92 Å². The van der Waals surface area contributed by atoms with Gasteiger partial charge in [-0.3, -0.25) is 14.6 Å². The Labute approximate surface area is 129 Å². The molecule has 1 aromatic rings. The van der Waals surface area contributed by atoms with Crippen LogP contribution in [0.1, 0.15) is 35.3 Å². The van der Waals surface area contributed by atoms with Gasteiger partial charge in [0.2, 0.25) is 5.91 Å². The lowest BCUT2D eigenvalue weighted by atomic mass is 10.2. The van der Waals surface area contributed by atoms with E-state index in [0.717, 1.165) is 25.0 Å². The summed E-state index contributed by atoms with van der Waals surface area (Å²) in [6, 6.07) is 3.64. The molecule has 1 unspecified atom stereocenters. The summed E-state index contributed by atoms with van der Waals surface area (Å²) >= 11 is 0. The van der Waals surface area contributed by atoms with Crippen molar-refractivity contribution in [1.82, 2.24) is 15.2 Å². The minimum Gasteiger partial charge on any atom is -0.368 e. The number of rotatable bonds is 3. The van der Waals surface area contributed by atoms with Crippen molar-refractivity contribution in [2.24, 2.45) is 0 Å². The highest BCUT2D eigenvalue weighted by molar-refractivity contribution is 5.94. The number of likely N-dealkylation sites (tertiary alicyclic amines) is 1. The molecule has 0 aliphatic carbocycles. The van der Waals surface area contributed by atoms with Crippen molar-refractivity contribution in [1.29, 1.82) is 0 Å². The Balaban J connectivity index is 1.54. The molecule has 118 valence electrons. The molecule has 3 heterocycles. The fourth-order valence-electron chi connectivity index (χ4n) is 2.92. The number of amides is 2. The highest BCUT2D eigenvalue weighted by atomic mass is 16.5. The third kappa shape index (κ3) is 3.27. The number of carbonyl (C=O) groups excluding carboxylic acids is 2. The number of carbonyl (C=O) groups is 2. The van der Waals surface area contributed by atoms with Crippen LogP contribution in [0.2, 0.25) is 0 Å². The summed E-state index contributed by atoms with van der Waals surface area (Å²) in [7, 11) is 0. The predicted octanol–water partition coefficient (Wildman–Crippen LogP) is 0.900. The number of aryl methyl sites for hydroxylation is 1. The quantitative estimate of drug-likeness (QED) is 0.900. The zero-order chi connectivity index (χ0) is 15.5. The molecule has 0 saturated carbocycles. The normalized spacial score (nSPS) is 24.5. The molecule has 1 N–H and O–H groups in total. The second-order valence-electron chi connectivity index (χ2n) is 5.94. The third-order valence-electron chi connectivity index (χ3n) is 4.20. The van der Waals surface area contributed by atoms with E-state index in [0.29, 0.717) is 25.3 Å². The Morgan fingerprint density at radius 1 is 1.36 bits per heavy atom. The molecule has 2 saturated heterocycles. The van der Waals surface area contributed by atoms with Crippen LogP contribution in [0.4, 0.5) is 0 Å². The predicted molar refractivity (Wildman–Crippen MR) is 80.4 cm³/mol. The molecular formula is C16H21N3O3. The van der Waals surface area contributed by atoms with Crippen LogP contribution >= 0.6 is 0 Å². The van der Waals surface area contributed by atoms with Crippen LogP contribution in [0.25, 0.3) is 0 Å². The van der Waals surface area contributed by atoms with E-state index in [1.165, 1.54) is 0 Å². The van der Waals surface area contributed by atoms with Crippen molar-refractivity contribution in [3.05, 3.63) is 29.6 Å². The van der Waals surface area contributed by atoms with Gasteiger partial charge in [-0.05, 0) is 38.3 Å². The van der Waals surface area contributed by atoms with E-state index < -0.39 is 0 Å². The van der Waals surface area contributed by atoms with Gasteiger partial charge >= 0.3 is 0 Å². The lowest BCUT2D eigenvalue weighted by Gasteiger charge is -2.18. The molecule has 2 aliphatic heterocycles. The highest BCUT2D eigenvalue weighted by Gasteiger charge is 2.31. The van der Waals surface area contributed by atoms with Crippen LogP contribution < -0.4 is 5.32 Å². The zero-order valence-corrected chi connectivity index (χ0v) is 12.7. The molecule has 2 aliphatic rings. The first-order valence-corrected chi connectivity index (χ1v) is 7.77. The van der Waals surface area contributed by atoms with Crippen LogP contribution in [-0.2, 0) is 9.53 Å². The lowest BCUT2D eigenvalue weighted by molar-refractivity contribution is -0.130. The number of hydrogen-bond acceptors (Lipinski definition) is 4. The molecule has 2 atom stereocenters. The van der Waals surface area contributed by atoms with E-state index in [2.05, 4.69) is 10.3 Å². The van der Waals surface area contributed by atoms with E-state index in [-0.39, 0.29) is 24.0 Å². The average Bonchev–Trinajstić information content (AvgIpc) is 3.19. The molecule has 0 aromatic carbocycles. The van der Waals surface area contributed by atoms with E-state index in [1.54, 1.807) is 17.2 Å². The molecule has 0 bridgehead atoms. The number of hydrogen-bond donors (Lipinski definition) is 1. The zero-order valence-electron chi connectivity index (χ0n) is 12.7. The van der Waals surface area contributed by atoms with Gasteiger partial charge in [-0.25, -0.2) is 0 Å². The van der Waals surface area contributed by atoms with Crippen molar-refractivity contribution >= 4 is 11.8 Å². The fourth-order valence-corrected chi connectivity index (χ4v) is 2.92. The first-order valence-electron chi connectivity index (χ1n) is 7.77. The first kappa shape index (κ1) is 15.0. The Morgan fingerprint density at radius 3 is 2.91 bits per heavy atom. The van der Waals surface area contributed by atoms with Crippen LogP contribution in [0.3, 0.4) is 0 Å². The summed E-state index contributed by atoms with van der Waals surface area (Å²) in [4.78, 5) is 30.4. The van der Waals surface area contributed by atoms with Gasteiger partial charge in [0.25, 0.3) is 5.91 Å². The van der Waals surface area contributed by atoms with Crippen LogP contribution in [0.15, 0.2) is 18.3 Å². The molecule has 1 aromatic heterocycles. The van der Waals surface area contributed by atoms with Gasteiger partial charge in [-0.2, -0.15) is 0 Å². The Kier molecular flexibility index (Phi) is 4.38. The molecule has 2 amide bonds. The topological polar surface area (TPSA) is 71.5 Å². The number of aromatic nitrogens is 1. The number of pyridine rings is 1. The maximum absolute atomic E-state index is 12.4. The van der Waals surface area contributed by atoms with Gasteiger partial charge in [0.1, 0.15) is 6.10 Å². The maximum Gasteiger partial charge on any atom is 0.255 e. The average molecular weight is 303 g/mol. The van der Waals surface area contributed by atoms with Gasteiger partial charge < -0.3 is 15.0 Å². The SMILES string of the molecule is Cc1ccc(C(=O)N2CC[C@@H](NC(=O)C3CCCO3)C2)cn1. The summed E-state index contributed by atoms with van der Waals surface area (Å²) in [6.07, 6.45) is 3.80. The lowest BCUT2D eigenvalue weighted by Crippen LogP contribution is -2.43. The van der Waals surface area contributed by atoms with E-state index in [4.69, 9.17) is 4.74 Å². The summed E-state index contributed by atoms with van der Waals surface area (Å²) in [5.74, 6) is -0.0739. The van der Waals surface area contributed by atoms with Gasteiger partial charge in [-0.15, -0.1) is 0 Å². The molecule has 6 nitrogen and oxygen atoms in total. The standard InChI is InChI=1S/C16H21N3O3/c1-11-4-5-12(9-17-11)16(21)19-7-6-13(10-19)18-15(20)14-3-2-8-22-14/h4-5,9,13-14H,2-3,6-8,10H2,1H3,(H,18,20)/t13-,14?/m1/s1. The highest BCUT2D eigenvalue weighted by Crippen LogP contribution is 2.16. The Morgan fingerprint density at radius 2 is 2.23 bits per heavy atom. The van der Waals surface area contributed by atoms with Crippen molar-refractivity contribution < 1.29 is 14.3 Å². The van der Waals surface area contributed by atoms with E-state index in [1.807, 2.05) is 13.0 Å². The summed E-state index contributed by atoms with van der Waals surface area (Å²) < 4.78 is 5.38. The maximum atomic E-state index is 12.4. The molecule has 22 heavy (non-hydrogen) atoms. The van der Waals surface area contributed by atoms with Crippen molar-refractivity contribution in [3.8, 4) is 0 Å². The van der Waals surface area contributed by atoms with Crippen molar-refractivity contribution in [3.63, 3.8) is 0 Å². The largest absolute Gasteiger partial charge is 0.368 e. The smallest absolute Gasteiger partial charge is 0.255 e. The monoisotopic (exact) mass is 303 g/mol. The van der Waals surface area contributed by atoms with Crippen LogP contribution in [-0.4, -0.2) is 53.5 Å². The van der Waals surface area contributed by atoms with Crippen molar-refractivity contribution in [2.45, 2.75) is 38.3 Å². The van der Waals surface area contributed by atoms with Gasteiger partial charge in [0.15, 0.2) is 0 Å². The molecule has 6 heteroatoms. The number of ether oxygens (including phenoxy) is 1. The van der Waals surface area contributed by atoms with Gasteiger partial charge in [0.05, 0.1) is 5.56 Å². The number of nitrogens with zero attached hydrogens (tertiary/aromatic N) is 2.